The fraction of sp³-hybridized carbons (Fsp3) is 0.133. The Balaban J connectivity index is 1.79. The van der Waals surface area contributed by atoms with E-state index in [0.717, 1.165) is 16.7 Å². The van der Waals surface area contributed by atoms with Gasteiger partial charge in [-0.2, -0.15) is 4.72 Å². The van der Waals surface area contributed by atoms with E-state index in [2.05, 4.69) is 9.70 Å². The molecule has 192 valence electrons. The van der Waals surface area contributed by atoms with Crippen LogP contribution in [0.4, 0.5) is 0 Å². The molecule has 0 heterocycles. The summed E-state index contributed by atoms with van der Waals surface area (Å²) in [6.45, 7) is 2.47. The minimum Gasteiger partial charge on any atom is -0.489 e. The van der Waals surface area contributed by atoms with Crippen LogP contribution < -0.4 is 4.72 Å². The van der Waals surface area contributed by atoms with E-state index in [0.29, 0.717) is 18.7 Å². The first-order valence-electron chi connectivity index (χ1n) is 12.1. The Bertz CT molecular complexity index is 1480. The summed E-state index contributed by atoms with van der Waals surface area (Å²) in [5.41, 5.74) is 3.04. The molecule has 0 bridgehead atoms. The molecule has 0 radical (unpaired) electrons. The summed E-state index contributed by atoms with van der Waals surface area (Å²) in [5, 5.41) is 21.7. The molecule has 2 N–H and O–H groups in total. The van der Waals surface area contributed by atoms with Crippen molar-refractivity contribution in [1.29, 1.82) is 5.39 Å². The number of benzene rings is 4. The van der Waals surface area contributed by atoms with E-state index in [1.165, 1.54) is 12.1 Å². The van der Waals surface area contributed by atoms with E-state index in [1.54, 1.807) is 47.4 Å². The lowest BCUT2D eigenvalue weighted by Crippen LogP contribution is -2.32. The van der Waals surface area contributed by atoms with Gasteiger partial charge in [0, 0.05) is 13.1 Å². The molecule has 0 aliphatic carbocycles. The van der Waals surface area contributed by atoms with Gasteiger partial charge in [0.2, 0.25) is 15.4 Å². The molecule has 0 saturated carbocycles. The number of hydrogen-bond acceptors (Lipinski definition) is 5. The van der Waals surface area contributed by atoms with Crippen LogP contribution in [0.1, 0.15) is 28.3 Å². The largest absolute Gasteiger partial charge is 0.489 e. The maximum absolute atomic E-state index is 13.4. The van der Waals surface area contributed by atoms with Crippen molar-refractivity contribution in [3.63, 3.8) is 0 Å². The zero-order valence-corrected chi connectivity index (χ0v) is 21.8. The molecule has 8 heteroatoms. The first-order chi connectivity index (χ1) is 18.4. The number of hydrogen-bond donors (Lipinski definition) is 2. The minimum absolute atomic E-state index is 0.0613. The van der Waals surface area contributed by atoms with Gasteiger partial charge in [0.05, 0.1) is 4.90 Å². The molecule has 0 fully saturated rings. The van der Waals surface area contributed by atoms with E-state index in [4.69, 9.17) is 0 Å². The van der Waals surface area contributed by atoms with Crippen LogP contribution in [0.15, 0.2) is 132 Å². The van der Waals surface area contributed by atoms with Crippen molar-refractivity contribution in [1.82, 2.24) is 9.62 Å². The van der Waals surface area contributed by atoms with E-state index in [1.807, 2.05) is 67.6 Å². The third-order valence-corrected chi connectivity index (χ3v) is 7.52. The molecule has 0 spiro atoms. The molecule has 1 unspecified atom stereocenters. The highest BCUT2D eigenvalue weighted by atomic mass is 32.2. The van der Waals surface area contributed by atoms with Crippen LogP contribution >= 0.6 is 0 Å². The molecule has 4 aromatic carbocycles. The highest BCUT2D eigenvalue weighted by Crippen LogP contribution is 2.30. The van der Waals surface area contributed by atoms with Gasteiger partial charge in [-0.25, -0.2) is 8.42 Å². The van der Waals surface area contributed by atoms with Gasteiger partial charge in [-0.15, -0.1) is 0 Å². The normalized spacial score (nSPS) is 12.7. The fourth-order valence-electron chi connectivity index (χ4n) is 4.07. The van der Waals surface area contributed by atoms with Crippen molar-refractivity contribution in [3.8, 4) is 0 Å². The monoisotopic (exact) mass is 525 g/mol. The Morgan fingerprint density at radius 2 is 1.29 bits per heavy atom. The third-order valence-electron chi connectivity index (χ3n) is 6.08. The number of nitrogens with one attached hydrogen (secondary N) is 1. The Hall–Kier alpha value is -4.45. The number of nitrogens with zero attached hydrogens (tertiary/aromatic N) is 3. The topological polar surface area (TPSA) is 97.8 Å². The number of aryl methyl sites for hydroxylation is 1. The van der Waals surface area contributed by atoms with Gasteiger partial charge in [0.15, 0.2) is 11.0 Å². The van der Waals surface area contributed by atoms with Crippen molar-refractivity contribution in [3.05, 3.63) is 154 Å². The van der Waals surface area contributed by atoms with Gasteiger partial charge in [-0.3, -0.25) is 0 Å². The summed E-state index contributed by atoms with van der Waals surface area (Å²) in [4.78, 5) is 5.13. The molecule has 7 nitrogen and oxygen atoms in total. The average molecular weight is 526 g/mol. The van der Waals surface area contributed by atoms with Gasteiger partial charge in [0.1, 0.15) is 0 Å². The van der Waals surface area contributed by atoms with Crippen LogP contribution in [0.5, 0.6) is 0 Å². The van der Waals surface area contributed by atoms with Gasteiger partial charge in [-0.1, -0.05) is 109 Å². The third kappa shape index (κ3) is 6.65. The molecular weight excluding hydrogens is 496 g/mol. The molecule has 0 aliphatic rings. The summed E-state index contributed by atoms with van der Waals surface area (Å²) in [5.74, 6) is -0.347. The zero-order chi connectivity index (χ0) is 27.0. The number of aliphatic hydroxyl groups excluding tert-OH is 1. The standard InChI is InChI=1S/C30H28N4O3S/c1-23-17-19-27(20-18-23)38(36,37)33-28(26-15-9-4-10-16-26)29(32-31)30(35)34(21-24-11-5-2-6-12-24)22-25-13-7-3-8-14-25/h2-20,28,33H,21-22H2,1H3/p+1/b30-29+. The van der Waals surface area contributed by atoms with E-state index in [-0.39, 0.29) is 16.5 Å². The summed E-state index contributed by atoms with van der Waals surface area (Å²) >= 11 is 0. The van der Waals surface area contributed by atoms with E-state index >= 15 is 0 Å². The number of sulfonamides is 1. The quantitative estimate of drug-likeness (QED) is 0.187. The van der Waals surface area contributed by atoms with Crippen molar-refractivity contribution >= 4 is 10.0 Å². The molecule has 38 heavy (non-hydrogen) atoms. The van der Waals surface area contributed by atoms with E-state index < -0.39 is 16.1 Å². The number of aliphatic hydroxyl groups is 1. The second kappa shape index (κ2) is 12.2. The molecular formula is C30H29N4O3S+. The van der Waals surface area contributed by atoms with Crippen molar-refractivity contribution in [2.24, 2.45) is 0 Å². The Morgan fingerprint density at radius 3 is 1.76 bits per heavy atom. The van der Waals surface area contributed by atoms with Crippen LogP contribution in [0, 0.1) is 12.3 Å². The highest BCUT2D eigenvalue weighted by Gasteiger charge is 2.38. The minimum atomic E-state index is -4.04. The molecule has 1 atom stereocenters. The molecule has 0 amide bonds. The zero-order valence-electron chi connectivity index (χ0n) is 21.0. The van der Waals surface area contributed by atoms with Crippen LogP contribution in [0.25, 0.3) is 4.98 Å². The Kier molecular flexibility index (Phi) is 8.54. The van der Waals surface area contributed by atoms with Crippen LogP contribution in [0.3, 0.4) is 0 Å². The van der Waals surface area contributed by atoms with Crippen molar-refractivity contribution in [2.75, 3.05) is 0 Å². The number of diazo groups is 1. The maximum Gasteiger partial charge on any atom is 0.442 e. The lowest BCUT2D eigenvalue weighted by molar-refractivity contribution is 0.181. The van der Waals surface area contributed by atoms with Crippen molar-refractivity contribution < 1.29 is 13.5 Å². The molecule has 0 aliphatic heterocycles. The number of rotatable bonds is 10. The smallest absolute Gasteiger partial charge is 0.442 e. The molecule has 4 aromatic rings. The fourth-order valence-corrected chi connectivity index (χ4v) is 5.26. The Labute approximate surface area is 223 Å². The average Bonchev–Trinajstić information content (AvgIpc) is 2.94. The van der Waals surface area contributed by atoms with Gasteiger partial charge < -0.3 is 10.0 Å². The van der Waals surface area contributed by atoms with Gasteiger partial charge in [0.25, 0.3) is 5.88 Å². The van der Waals surface area contributed by atoms with Gasteiger partial charge >= 0.3 is 5.70 Å². The predicted octanol–water partition coefficient (Wildman–Crippen LogP) is 6.30. The van der Waals surface area contributed by atoms with Crippen LogP contribution in [0.2, 0.25) is 0 Å². The van der Waals surface area contributed by atoms with Crippen molar-refractivity contribution in [2.45, 2.75) is 31.0 Å². The highest BCUT2D eigenvalue weighted by molar-refractivity contribution is 7.89. The molecule has 4 rings (SSSR count). The molecule has 0 saturated heterocycles. The predicted molar refractivity (Wildman–Crippen MR) is 148 cm³/mol. The summed E-state index contributed by atoms with van der Waals surface area (Å²) in [6, 6.07) is 33.1. The molecule has 0 aromatic heterocycles. The lowest BCUT2D eigenvalue weighted by Gasteiger charge is -2.24. The summed E-state index contributed by atoms with van der Waals surface area (Å²) in [6.07, 6.45) is 0. The maximum atomic E-state index is 13.4. The first kappa shape index (κ1) is 26.6. The second-order valence-corrected chi connectivity index (χ2v) is 10.6. The second-order valence-electron chi connectivity index (χ2n) is 8.91. The van der Waals surface area contributed by atoms with Crippen LogP contribution in [-0.2, 0) is 23.1 Å². The summed E-state index contributed by atoms with van der Waals surface area (Å²) in [7, 11) is -4.04. The summed E-state index contributed by atoms with van der Waals surface area (Å²) < 4.78 is 29.4. The SMILES string of the molecule is Cc1ccc(S(=O)(=O)NC(/C([N+]#N)=C(\O)N(Cc2ccccc2)Cc2ccccc2)c2ccccc2)cc1. The van der Waals surface area contributed by atoms with Crippen LogP contribution in [-0.4, -0.2) is 18.4 Å². The Morgan fingerprint density at radius 1 is 0.816 bits per heavy atom. The van der Waals surface area contributed by atoms with Gasteiger partial charge in [-0.05, 0) is 35.7 Å². The lowest BCUT2D eigenvalue weighted by atomic mass is 10.0. The first-order valence-corrected chi connectivity index (χ1v) is 13.6. The van der Waals surface area contributed by atoms with E-state index in [9.17, 15) is 18.9 Å².